The predicted molar refractivity (Wildman–Crippen MR) is 239 cm³/mol. The Bertz CT molecular complexity index is 2510. The summed E-state index contributed by atoms with van der Waals surface area (Å²) in [5, 5.41) is 7.03. The fourth-order valence-corrected chi connectivity index (χ4v) is 8.70. The number of hydrogen-bond donors (Lipinski definition) is 2. The molecule has 13 heteroatoms. The molecule has 4 aliphatic rings. The third kappa shape index (κ3) is 8.43. The quantitative estimate of drug-likeness (QED) is 0.0906. The summed E-state index contributed by atoms with van der Waals surface area (Å²) in [5.41, 5.74) is 10.2. The number of ether oxygens (including phenoxy) is 6. The fourth-order valence-electron chi connectivity index (χ4n) is 8.70. The lowest BCUT2D eigenvalue weighted by molar-refractivity contribution is 0.0272. The van der Waals surface area contributed by atoms with Gasteiger partial charge in [0.1, 0.15) is 19.0 Å². The number of amides is 2. The molecule has 9 rings (SSSR count). The highest BCUT2D eigenvalue weighted by Gasteiger charge is 2.38. The van der Waals surface area contributed by atoms with E-state index < -0.39 is 0 Å². The van der Waals surface area contributed by atoms with Gasteiger partial charge in [-0.25, -0.2) is 0 Å². The Morgan fingerprint density at radius 3 is 2.15 bits per heavy atom. The standard InChI is InChI=1S/C49H51N5O8/c1-31-18-39-41(51-27-37-22-34-8-4-6-10-43(34)53(37)48(39)55)25-45(31)61-29-32-19-33(21-36(20-32)50-12-13-59-16-17-60-15-14-57-2)30-62-47-26-42-40(24-46(47)58-3)49(56)54-38(28-52-42)23-35-9-5-7-11-44(35)54/h4-11,18-21,24-26,28,37-38,50-51H,12-17,22-23,27,29-30H2,1-3H3/t37-,38-/m0/s1. The lowest BCUT2D eigenvalue weighted by Crippen LogP contribution is -2.39. The SMILES string of the molecule is COCCOCCOCCNc1cc(COc2cc3c(cc2C)C(=O)N2c4ccccc4C[C@H]2CN3)cc(COc2cc3c(cc2OC)C(=O)N2c4ccccc4C[C@H]2C=N3)c1. The number of rotatable bonds is 17. The number of hydrogen-bond acceptors (Lipinski definition) is 11. The monoisotopic (exact) mass is 837 g/mol. The number of methoxy groups -OCH3 is 2. The van der Waals surface area contributed by atoms with Crippen molar-refractivity contribution in [1.29, 1.82) is 0 Å². The maximum Gasteiger partial charge on any atom is 0.261 e. The van der Waals surface area contributed by atoms with Gasteiger partial charge in [-0.05, 0) is 83.6 Å². The van der Waals surface area contributed by atoms with Gasteiger partial charge >= 0.3 is 0 Å². The lowest BCUT2D eigenvalue weighted by Gasteiger charge is -2.22. The average Bonchev–Trinajstić information content (AvgIpc) is 3.78. The molecule has 0 bridgehead atoms. The van der Waals surface area contributed by atoms with Crippen molar-refractivity contribution in [3.8, 4) is 17.2 Å². The van der Waals surface area contributed by atoms with Gasteiger partial charge in [-0.15, -0.1) is 0 Å². The van der Waals surface area contributed by atoms with Gasteiger partial charge in [-0.3, -0.25) is 19.5 Å². The van der Waals surface area contributed by atoms with Crippen LogP contribution in [0.3, 0.4) is 0 Å². The van der Waals surface area contributed by atoms with Crippen molar-refractivity contribution in [1.82, 2.24) is 0 Å². The second-order valence-electron chi connectivity index (χ2n) is 15.8. The fraction of sp³-hybridized carbons (Fsp3) is 0.327. The third-order valence-electron chi connectivity index (χ3n) is 11.7. The van der Waals surface area contributed by atoms with Crippen LogP contribution in [0.1, 0.15) is 48.5 Å². The summed E-state index contributed by atoms with van der Waals surface area (Å²) >= 11 is 0. The molecule has 0 fully saturated rings. The summed E-state index contributed by atoms with van der Waals surface area (Å²) in [7, 11) is 3.22. The molecular weight excluding hydrogens is 787 g/mol. The van der Waals surface area contributed by atoms with Crippen molar-refractivity contribution in [2.45, 2.75) is 45.1 Å². The molecule has 0 spiro atoms. The first kappa shape index (κ1) is 41.0. The Kier molecular flexibility index (Phi) is 12.1. The predicted octanol–water partition coefficient (Wildman–Crippen LogP) is 7.54. The normalized spacial score (nSPS) is 16.9. The Morgan fingerprint density at radius 1 is 0.710 bits per heavy atom. The number of nitrogens with one attached hydrogen (secondary N) is 2. The van der Waals surface area contributed by atoms with Crippen molar-refractivity contribution in [3.05, 3.63) is 130 Å². The molecule has 62 heavy (non-hydrogen) atoms. The van der Waals surface area contributed by atoms with Crippen molar-refractivity contribution >= 4 is 46.5 Å². The largest absolute Gasteiger partial charge is 0.493 e. The summed E-state index contributed by atoms with van der Waals surface area (Å²) in [6.45, 7) is 6.20. The van der Waals surface area contributed by atoms with E-state index in [1.54, 1.807) is 26.4 Å². The molecule has 2 N–H and O–H groups in total. The molecule has 2 atom stereocenters. The van der Waals surface area contributed by atoms with Crippen molar-refractivity contribution in [2.75, 3.05) is 80.8 Å². The smallest absolute Gasteiger partial charge is 0.261 e. The molecule has 13 nitrogen and oxygen atoms in total. The first-order chi connectivity index (χ1) is 30.4. The number of aryl methyl sites for hydroxylation is 1. The summed E-state index contributed by atoms with van der Waals surface area (Å²) in [4.78, 5) is 36.5. The van der Waals surface area contributed by atoms with Gasteiger partial charge in [-0.1, -0.05) is 36.4 Å². The van der Waals surface area contributed by atoms with Gasteiger partial charge < -0.3 is 44.0 Å². The minimum Gasteiger partial charge on any atom is -0.493 e. The highest BCUT2D eigenvalue weighted by molar-refractivity contribution is 6.15. The molecule has 4 aliphatic heterocycles. The molecule has 5 aromatic carbocycles. The zero-order valence-electron chi connectivity index (χ0n) is 35.3. The van der Waals surface area contributed by atoms with Crippen LogP contribution in [0.5, 0.6) is 17.2 Å². The van der Waals surface area contributed by atoms with Crippen LogP contribution in [0, 0.1) is 6.92 Å². The first-order valence-electron chi connectivity index (χ1n) is 21.1. The number of aliphatic imine (C=N–C) groups is 1. The van der Waals surface area contributed by atoms with E-state index in [2.05, 4.69) is 34.9 Å². The highest BCUT2D eigenvalue weighted by Crippen LogP contribution is 2.42. The number of fused-ring (bicyclic) bond motifs is 8. The first-order valence-corrected chi connectivity index (χ1v) is 21.1. The highest BCUT2D eigenvalue weighted by atomic mass is 16.5. The molecule has 2 amide bonds. The Hall–Kier alpha value is -6.41. The van der Waals surface area contributed by atoms with Gasteiger partial charge in [0.2, 0.25) is 0 Å². The Morgan fingerprint density at radius 2 is 1.39 bits per heavy atom. The van der Waals surface area contributed by atoms with Gasteiger partial charge in [0.15, 0.2) is 11.5 Å². The summed E-state index contributed by atoms with van der Waals surface area (Å²) in [6, 6.07) is 29.5. The molecule has 0 radical (unpaired) electrons. The van der Waals surface area contributed by atoms with Crippen molar-refractivity contribution < 1.29 is 38.0 Å². The van der Waals surface area contributed by atoms with Crippen LogP contribution < -0.4 is 34.6 Å². The van der Waals surface area contributed by atoms with E-state index in [9.17, 15) is 9.59 Å². The van der Waals surface area contributed by atoms with E-state index in [1.807, 2.05) is 77.5 Å². The molecule has 5 aromatic rings. The maximum atomic E-state index is 14.0. The second kappa shape index (κ2) is 18.3. The number of anilines is 4. The Balaban J connectivity index is 0.918. The topological polar surface area (TPSA) is 132 Å². The molecule has 320 valence electrons. The lowest BCUT2D eigenvalue weighted by atomic mass is 10.1. The van der Waals surface area contributed by atoms with Gasteiger partial charge in [0.25, 0.3) is 11.8 Å². The van der Waals surface area contributed by atoms with E-state index in [4.69, 9.17) is 33.4 Å². The van der Waals surface area contributed by atoms with Gasteiger partial charge in [-0.2, -0.15) is 0 Å². The van der Waals surface area contributed by atoms with Crippen molar-refractivity contribution in [3.63, 3.8) is 0 Å². The summed E-state index contributed by atoms with van der Waals surface area (Å²) in [5.74, 6) is 1.48. The molecule has 0 saturated heterocycles. The van der Waals surface area contributed by atoms with E-state index in [0.29, 0.717) is 86.6 Å². The van der Waals surface area contributed by atoms with Gasteiger partial charge in [0.05, 0.1) is 74.7 Å². The second-order valence-corrected chi connectivity index (χ2v) is 15.8. The average molecular weight is 838 g/mol. The zero-order chi connectivity index (χ0) is 42.6. The van der Waals surface area contributed by atoms with Crippen molar-refractivity contribution in [2.24, 2.45) is 4.99 Å². The van der Waals surface area contributed by atoms with E-state index >= 15 is 0 Å². The number of nitrogens with zero attached hydrogens (tertiary/aromatic N) is 3. The molecular formula is C49H51N5O8. The summed E-state index contributed by atoms with van der Waals surface area (Å²) < 4.78 is 35.1. The zero-order valence-corrected chi connectivity index (χ0v) is 35.3. The molecule has 4 heterocycles. The van der Waals surface area contributed by atoms with Crippen LogP contribution in [-0.4, -0.2) is 90.5 Å². The van der Waals surface area contributed by atoms with Crippen LogP contribution in [0.4, 0.5) is 28.4 Å². The van der Waals surface area contributed by atoms with Crippen LogP contribution in [0.2, 0.25) is 0 Å². The van der Waals surface area contributed by atoms with Gasteiger partial charge in [0, 0.05) is 62.0 Å². The molecule has 0 aromatic heterocycles. The van der Waals surface area contributed by atoms with E-state index in [0.717, 1.165) is 51.4 Å². The molecule has 0 saturated carbocycles. The van der Waals surface area contributed by atoms with E-state index in [-0.39, 0.29) is 37.1 Å². The molecule has 0 unspecified atom stereocenters. The maximum absolute atomic E-state index is 14.0. The third-order valence-corrected chi connectivity index (χ3v) is 11.7. The van der Waals surface area contributed by atoms with Crippen LogP contribution in [0.25, 0.3) is 0 Å². The summed E-state index contributed by atoms with van der Waals surface area (Å²) in [6.07, 6.45) is 3.38. The van der Waals surface area contributed by atoms with E-state index in [1.165, 1.54) is 5.56 Å². The van der Waals surface area contributed by atoms with Crippen LogP contribution in [0.15, 0.2) is 96.0 Å². The van der Waals surface area contributed by atoms with Crippen LogP contribution >= 0.6 is 0 Å². The Labute approximate surface area is 361 Å². The molecule has 0 aliphatic carbocycles. The number of carbonyl (C=O) groups excluding carboxylic acids is 2. The minimum atomic E-state index is -0.164. The van der Waals surface area contributed by atoms with Crippen LogP contribution in [-0.2, 0) is 40.3 Å². The number of para-hydroxylation sites is 2. The minimum absolute atomic E-state index is 0.00348. The number of carbonyl (C=O) groups is 2. The number of benzene rings is 5.